The Balaban J connectivity index is 2.09. The summed E-state index contributed by atoms with van der Waals surface area (Å²) in [6.07, 6.45) is 1.99. The molecule has 0 atom stereocenters. The standard InChI is InChI=1S/C12H13FN2/c1-14-7-9(8-14)15-6-5-10-11(13)3-2-4-12(10)15/h2-6,9H,7-8H2,1H3. The van der Waals surface area contributed by atoms with Crippen molar-refractivity contribution in [2.24, 2.45) is 0 Å². The van der Waals surface area contributed by atoms with Crippen molar-refractivity contribution < 1.29 is 4.39 Å². The average Bonchev–Trinajstić information content (AvgIpc) is 2.58. The maximum Gasteiger partial charge on any atom is 0.132 e. The molecule has 1 aliphatic rings. The molecule has 0 saturated carbocycles. The number of hydrogen-bond donors (Lipinski definition) is 0. The second-order valence-corrected chi connectivity index (χ2v) is 4.27. The minimum absolute atomic E-state index is 0.126. The van der Waals surface area contributed by atoms with Crippen molar-refractivity contribution in [3.05, 3.63) is 36.3 Å². The lowest BCUT2D eigenvalue weighted by molar-refractivity contribution is 0.144. The Bertz CT molecular complexity index is 497. The summed E-state index contributed by atoms with van der Waals surface area (Å²) >= 11 is 0. The number of likely N-dealkylation sites (N-methyl/N-ethyl adjacent to an activating group) is 1. The highest BCUT2D eigenvalue weighted by atomic mass is 19.1. The van der Waals surface area contributed by atoms with Crippen LogP contribution >= 0.6 is 0 Å². The zero-order valence-electron chi connectivity index (χ0n) is 8.65. The summed E-state index contributed by atoms with van der Waals surface area (Å²) in [6.45, 7) is 2.11. The quantitative estimate of drug-likeness (QED) is 0.691. The molecule has 0 spiro atoms. The fraction of sp³-hybridized carbons (Fsp3) is 0.333. The first-order valence-electron chi connectivity index (χ1n) is 5.19. The number of likely N-dealkylation sites (tertiary alicyclic amines) is 1. The van der Waals surface area contributed by atoms with E-state index in [2.05, 4.69) is 16.5 Å². The monoisotopic (exact) mass is 204 g/mol. The van der Waals surface area contributed by atoms with E-state index in [0.29, 0.717) is 6.04 Å². The topological polar surface area (TPSA) is 8.17 Å². The van der Waals surface area contributed by atoms with E-state index in [1.807, 2.05) is 18.3 Å². The third-order valence-corrected chi connectivity index (χ3v) is 3.15. The number of nitrogens with zero attached hydrogens (tertiary/aromatic N) is 2. The fourth-order valence-corrected chi connectivity index (χ4v) is 2.31. The summed E-state index contributed by atoms with van der Waals surface area (Å²) in [5.74, 6) is -0.126. The van der Waals surface area contributed by atoms with Gasteiger partial charge < -0.3 is 9.47 Å². The molecule has 1 fully saturated rings. The Morgan fingerprint density at radius 1 is 1.27 bits per heavy atom. The van der Waals surface area contributed by atoms with Crippen molar-refractivity contribution in [2.45, 2.75) is 6.04 Å². The molecule has 2 heterocycles. The number of rotatable bonds is 1. The van der Waals surface area contributed by atoms with Crippen LogP contribution in [0.15, 0.2) is 30.5 Å². The van der Waals surface area contributed by atoms with Crippen LogP contribution in [-0.4, -0.2) is 29.6 Å². The molecule has 0 unspecified atom stereocenters. The first-order chi connectivity index (χ1) is 7.25. The van der Waals surface area contributed by atoms with Crippen LogP contribution in [0.2, 0.25) is 0 Å². The van der Waals surface area contributed by atoms with Crippen LogP contribution in [0.5, 0.6) is 0 Å². The molecule has 0 bridgehead atoms. The van der Waals surface area contributed by atoms with Crippen molar-refractivity contribution in [3.8, 4) is 0 Å². The summed E-state index contributed by atoms with van der Waals surface area (Å²) in [4.78, 5) is 2.26. The molecule has 2 aromatic rings. The van der Waals surface area contributed by atoms with Crippen molar-refractivity contribution in [3.63, 3.8) is 0 Å². The first kappa shape index (κ1) is 8.92. The molecule has 2 nitrogen and oxygen atoms in total. The predicted molar refractivity (Wildman–Crippen MR) is 58.4 cm³/mol. The molecule has 15 heavy (non-hydrogen) atoms. The van der Waals surface area contributed by atoms with Gasteiger partial charge in [0.2, 0.25) is 0 Å². The van der Waals surface area contributed by atoms with Gasteiger partial charge in [0.25, 0.3) is 0 Å². The van der Waals surface area contributed by atoms with Gasteiger partial charge in [-0.1, -0.05) is 6.07 Å². The van der Waals surface area contributed by atoms with Crippen molar-refractivity contribution >= 4 is 10.9 Å². The normalized spacial score (nSPS) is 18.3. The maximum atomic E-state index is 13.4. The molecule has 1 saturated heterocycles. The van der Waals surface area contributed by atoms with Gasteiger partial charge in [0.1, 0.15) is 5.82 Å². The van der Waals surface area contributed by atoms with Crippen LogP contribution in [0, 0.1) is 5.82 Å². The molecule has 1 aromatic heterocycles. The Kier molecular flexibility index (Phi) is 1.83. The predicted octanol–water partition coefficient (Wildman–Crippen LogP) is 2.27. The second kappa shape index (κ2) is 3.07. The molecule has 0 aliphatic carbocycles. The van der Waals surface area contributed by atoms with Crippen LogP contribution in [0.4, 0.5) is 4.39 Å². The van der Waals surface area contributed by atoms with Crippen LogP contribution < -0.4 is 0 Å². The van der Waals surface area contributed by atoms with E-state index in [-0.39, 0.29) is 5.82 Å². The molecule has 78 valence electrons. The maximum absolute atomic E-state index is 13.4. The molecule has 1 aromatic carbocycles. The Labute approximate surface area is 87.9 Å². The smallest absolute Gasteiger partial charge is 0.132 e. The minimum atomic E-state index is -0.126. The van der Waals surface area contributed by atoms with E-state index in [1.165, 1.54) is 6.07 Å². The summed E-state index contributed by atoms with van der Waals surface area (Å²) in [7, 11) is 2.10. The van der Waals surface area contributed by atoms with Crippen LogP contribution in [0.1, 0.15) is 6.04 Å². The van der Waals surface area contributed by atoms with Gasteiger partial charge in [-0.25, -0.2) is 4.39 Å². The SMILES string of the molecule is CN1CC(n2ccc3c(F)cccc32)C1. The van der Waals surface area contributed by atoms with E-state index >= 15 is 0 Å². The molecule has 1 aliphatic heterocycles. The molecule has 3 rings (SSSR count). The molecular weight excluding hydrogens is 191 g/mol. The first-order valence-corrected chi connectivity index (χ1v) is 5.19. The zero-order valence-corrected chi connectivity index (χ0v) is 8.65. The number of hydrogen-bond acceptors (Lipinski definition) is 1. The van der Waals surface area contributed by atoms with Gasteiger partial charge in [-0.3, -0.25) is 0 Å². The molecule has 3 heteroatoms. The molecule has 0 amide bonds. The highest BCUT2D eigenvalue weighted by Gasteiger charge is 2.25. The van der Waals surface area contributed by atoms with Crippen molar-refractivity contribution in [1.29, 1.82) is 0 Å². The Morgan fingerprint density at radius 3 is 2.80 bits per heavy atom. The number of aromatic nitrogens is 1. The molecule has 0 N–H and O–H groups in total. The lowest BCUT2D eigenvalue weighted by atomic mass is 10.1. The highest BCUT2D eigenvalue weighted by molar-refractivity contribution is 5.80. The second-order valence-electron chi connectivity index (χ2n) is 4.27. The van der Waals surface area contributed by atoms with E-state index in [4.69, 9.17) is 0 Å². The summed E-state index contributed by atoms with van der Waals surface area (Å²) in [5, 5.41) is 0.729. The van der Waals surface area contributed by atoms with Gasteiger partial charge in [0.15, 0.2) is 0 Å². The highest BCUT2D eigenvalue weighted by Crippen LogP contribution is 2.26. The minimum Gasteiger partial charge on any atom is -0.342 e. The zero-order chi connectivity index (χ0) is 10.4. The van der Waals surface area contributed by atoms with Gasteiger partial charge in [0, 0.05) is 24.7 Å². The van der Waals surface area contributed by atoms with E-state index < -0.39 is 0 Å². The molecule has 0 radical (unpaired) electrons. The van der Waals surface area contributed by atoms with Gasteiger partial charge in [-0.05, 0) is 25.2 Å². The van der Waals surface area contributed by atoms with Crippen molar-refractivity contribution in [2.75, 3.05) is 20.1 Å². The van der Waals surface area contributed by atoms with Crippen LogP contribution in [0.25, 0.3) is 10.9 Å². The molecular formula is C12H13FN2. The van der Waals surface area contributed by atoms with E-state index in [1.54, 1.807) is 6.07 Å². The lowest BCUT2D eigenvalue weighted by Gasteiger charge is -2.37. The number of halogens is 1. The average molecular weight is 204 g/mol. The number of fused-ring (bicyclic) bond motifs is 1. The lowest BCUT2D eigenvalue weighted by Crippen LogP contribution is -2.44. The van der Waals surface area contributed by atoms with Gasteiger partial charge in [-0.2, -0.15) is 0 Å². The summed E-state index contributed by atoms with van der Waals surface area (Å²) < 4.78 is 15.6. The summed E-state index contributed by atoms with van der Waals surface area (Å²) in [6, 6.07) is 7.64. The third-order valence-electron chi connectivity index (χ3n) is 3.15. The number of benzene rings is 1. The Morgan fingerprint density at radius 2 is 2.07 bits per heavy atom. The largest absolute Gasteiger partial charge is 0.342 e. The van der Waals surface area contributed by atoms with Gasteiger partial charge >= 0.3 is 0 Å². The summed E-state index contributed by atoms with van der Waals surface area (Å²) in [5.41, 5.74) is 1.01. The van der Waals surface area contributed by atoms with Gasteiger partial charge in [0.05, 0.1) is 11.6 Å². The fourth-order valence-electron chi connectivity index (χ4n) is 2.31. The Hall–Kier alpha value is -1.35. The third kappa shape index (κ3) is 1.27. The van der Waals surface area contributed by atoms with E-state index in [9.17, 15) is 4.39 Å². The van der Waals surface area contributed by atoms with Crippen LogP contribution in [-0.2, 0) is 0 Å². The van der Waals surface area contributed by atoms with E-state index in [0.717, 1.165) is 24.0 Å². The van der Waals surface area contributed by atoms with Crippen molar-refractivity contribution in [1.82, 2.24) is 9.47 Å². The van der Waals surface area contributed by atoms with Crippen LogP contribution in [0.3, 0.4) is 0 Å². The van der Waals surface area contributed by atoms with Gasteiger partial charge in [-0.15, -0.1) is 0 Å².